The van der Waals surface area contributed by atoms with Gasteiger partial charge in [0.25, 0.3) is 0 Å². The summed E-state index contributed by atoms with van der Waals surface area (Å²) in [4.78, 5) is 0. The lowest BCUT2D eigenvalue weighted by atomic mass is 9.84. The fraction of sp³-hybridized carbons (Fsp3) is 0.600. The maximum absolute atomic E-state index is 9.50. The van der Waals surface area contributed by atoms with Crippen LogP contribution in [-0.4, -0.2) is 37.1 Å². The molecule has 0 amide bonds. The van der Waals surface area contributed by atoms with Crippen molar-refractivity contribution < 1.29 is 14.6 Å². The van der Waals surface area contributed by atoms with E-state index >= 15 is 0 Å². The minimum atomic E-state index is 0.111. The van der Waals surface area contributed by atoms with E-state index in [1.165, 1.54) is 0 Å². The van der Waals surface area contributed by atoms with Crippen LogP contribution in [0.2, 0.25) is 0 Å². The van der Waals surface area contributed by atoms with Gasteiger partial charge in [-0.1, -0.05) is 12.1 Å². The van der Waals surface area contributed by atoms with Gasteiger partial charge in [0.2, 0.25) is 0 Å². The van der Waals surface area contributed by atoms with Gasteiger partial charge in [0.1, 0.15) is 5.75 Å². The van der Waals surface area contributed by atoms with E-state index in [0.29, 0.717) is 11.8 Å². The van der Waals surface area contributed by atoms with Gasteiger partial charge in [-0.15, -0.1) is 0 Å². The lowest BCUT2D eigenvalue weighted by molar-refractivity contribution is -0.133. The van der Waals surface area contributed by atoms with E-state index in [1.54, 1.807) is 19.2 Å². The number of ether oxygens (including phenoxy) is 2. The van der Waals surface area contributed by atoms with E-state index in [9.17, 15) is 5.11 Å². The average molecular weight is 265 g/mol. The molecule has 0 saturated heterocycles. The molecular weight excluding hydrogens is 242 g/mol. The highest BCUT2D eigenvalue weighted by Gasteiger charge is 2.42. The van der Waals surface area contributed by atoms with Crippen molar-refractivity contribution in [3.63, 3.8) is 0 Å². The van der Waals surface area contributed by atoms with Crippen molar-refractivity contribution in [2.24, 2.45) is 0 Å². The molecule has 0 radical (unpaired) electrons. The zero-order chi connectivity index (χ0) is 13.8. The van der Waals surface area contributed by atoms with Gasteiger partial charge in [0, 0.05) is 25.8 Å². The zero-order valence-corrected chi connectivity index (χ0v) is 11.8. The number of phenolic OH excluding ortho intramolecular Hbond substituents is 1. The number of benzene rings is 1. The van der Waals surface area contributed by atoms with Gasteiger partial charge >= 0.3 is 0 Å². The van der Waals surface area contributed by atoms with Crippen molar-refractivity contribution in [1.82, 2.24) is 5.32 Å². The molecule has 0 heterocycles. The lowest BCUT2D eigenvalue weighted by Crippen LogP contribution is -2.60. The topological polar surface area (TPSA) is 50.7 Å². The minimum Gasteiger partial charge on any atom is -0.508 e. The van der Waals surface area contributed by atoms with Gasteiger partial charge < -0.3 is 19.9 Å². The van der Waals surface area contributed by atoms with Crippen LogP contribution in [0.5, 0.6) is 5.75 Å². The van der Waals surface area contributed by atoms with Crippen molar-refractivity contribution in [3.05, 3.63) is 29.8 Å². The Morgan fingerprint density at radius 3 is 2.89 bits per heavy atom. The first-order valence-corrected chi connectivity index (χ1v) is 6.85. The molecule has 2 N–H and O–H groups in total. The second kappa shape index (κ2) is 6.37. The summed E-state index contributed by atoms with van der Waals surface area (Å²) in [6.07, 6.45) is 1.28. The van der Waals surface area contributed by atoms with Crippen molar-refractivity contribution in [1.29, 1.82) is 0 Å². The van der Waals surface area contributed by atoms with Gasteiger partial charge in [0.15, 0.2) is 0 Å². The van der Waals surface area contributed by atoms with Gasteiger partial charge in [-0.25, -0.2) is 0 Å². The summed E-state index contributed by atoms with van der Waals surface area (Å²) in [7, 11) is 1.73. The third-order valence-electron chi connectivity index (χ3n) is 3.74. The highest BCUT2D eigenvalue weighted by atomic mass is 16.5. The SMILES string of the molecule is CCOC1CC(NC(C)c2cccc(O)c2)C1OC. The Morgan fingerprint density at radius 2 is 2.26 bits per heavy atom. The number of nitrogens with one attached hydrogen (secondary N) is 1. The van der Waals surface area contributed by atoms with Crippen LogP contribution in [0.4, 0.5) is 0 Å². The summed E-state index contributed by atoms with van der Waals surface area (Å²) in [5.74, 6) is 0.301. The third kappa shape index (κ3) is 3.26. The van der Waals surface area contributed by atoms with Crippen LogP contribution >= 0.6 is 0 Å². The quantitative estimate of drug-likeness (QED) is 0.828. The first kappa shape index (κ1) is 14.3. The fourth-order valence-corrected chi connectivity index (χ4v) is 2.65. The first-order valence-electron chi connectivity index (χ1n) is 6.85. The van der Waals surface area contributed by atoms with Crippen LogP contribution < -0.4 is 5.32 Å². The van der Waals surface area contributed by atoms with E-state index in [4.69, 9.17) is 9.47 Å². The standard InChI is InChI=1S/C15H23NO3/c1-4-19-14-9-13(15(14)18-3)16-10(2)11-6-5-7-12(17)8-11/h5-8,10,13-17H,4,9H2,1-3H3. The summed E-state index contributed by atoms with van der Waals surface area (Å²) >= 11 is 0. The Balaban J connectivity index is 1.91. The molecule has 4 atom stereocenters. The molecule has 0 aromatic heterocycles. The Morgan fingerprint density at radius 1 is 1.47 bits per heavy atom. The van der Waals surface area contributed by atoms with Crippen LogP contribution in [0.25, 0.3) is 0 Å². The predicted molar refractivity (Wildman–Crippen MR) is 74.3 cm³/mol. The number of aromatic hydroxyl groups is 1. The van der Waals surface area contributed by atoms with E-state index < -0.39 is 0 Å². The van der Waals surface area contributed by atoms with E-state index in [1.807, 2.05) is 19.1 Å². The number of methoxy groups -OCH3 is 1. The van der Waals surface area contributed by atoms with Gasteiger partial charge in [-0.2, -0.15) is 0 Å². The molecule has 0 aliphatic heterocycles. The molecule has 4 nitrogen and oxygen atoms in total. The molecule has 0 bridgehead atoms. The normalized spacial score (nSPS) is 27.8. The molecule has 1 aliphatic carbocycles. The van der Waals surface area contributed by atoms with Crippen molar-refractivity contribution in [3.8, 4) is 5.75 Å². The number of hydrogen-bond donors (Lipinski definition) is 2. The first-order chi connectivity index (χ1) is 9.15. The molecule has 2 rings (SSSR count). The smallest absolute Gasteiger partial charge is 0.115 e. The second-order valence-electron chi connectivity index (χ2n) is 5.02. The van der Waals surface area contributed by atoms with Crippen molar-refractivity contribution in [2.45, 2.75) is 44.6 Å². The molecular formula is C15H23NO3. The zero-order valence-electron chi connectivity index (χ0n) is 11.8. The number of rotatable bonds is 6. The molecule has 1 fully saturated rings. The summed E-state index contributed by atoms with van der Waals surface area (Å²) in [5, 5.41) is 13.0. The van der Waals surface area contributed by atoms with Gasteiger partial charge in [-0.3, -0.25) is 0 Å². The molecule has 4 heteroatoms. The summed E-state index contributed by atoms with van der Waals surface area (Å²) in [6.45, 7) is 4.82. The van der Waals surface area contributed by atoms with Crippen LogP contribution in [0, 0.1) is 0 Å². The van der Waals surface area contributed by atoms with Crippen LogP contribution in [0.15, 0.2) is 24.3 Å². The van der Waals surface area contributed by atoms with Crippen LogP contribution in [0.1, 0.15) is 31.9 Å². The average Bonchev–Trinajstić information content (AvgIpc) is 2.37. The summed E-state index contributed by atoms with van der Waals surface area (Å²) in [6, 6.07) is 7.83. The second-order valence-corrected chi connectivity index (χ2v) is 5.02. The lowest BCUT2D eigenvalue weighted by Gasteiger charge is -2.44. The maximum atomic E-state index is 9.50. The predicted octanol–water partition coefficient (Wildman–Crippen LogP) is 2.24. The van der Waals surface area contributed by atoms with Crippen molar-refractivity contribution in [2.75, 3.05) is 13.7 Å². The van der Waals surface area contributed by atoms with Gasteiger partial charge in [-0.05, 0) is 38.0 Å². The maximum Gasteiger partial charge on any atom is 0.115 e. The van der Waals surface area contributed by atoms with Crippen LogP contribution in [-0.2, 0) is 9.47 Å². The largest absolute Gasteiger partial charge is 0.508 e. The number of hydrogen-bond acceptors (Lipinski definition) is 4. The molecule has 4 unspecified atom stereocenters. The molecule has 1 aromatic carbocycles. The van der Waals surface area contributed by atoms with Crippen LogP contribution in [0.3, 0.4) is 0 Å². The van der Waals surface area contributed by atoms with E-state index in [0.717, 1.165) is 18.6 Å². The fourth-order valence-electron chi connectivity index (χ4n) is 2.65. The molecule has 1 aromatic rings. The Labute approximate surface area is 114 Å². The Hall–Kier alpha value is -1.10. The molecule has 1 aliphatic rings. The Kier molecular flexibility index (Phi) is 4.80. The van der Waals surface area contributed by atoms with E-state index in [-0.39, 0.29) is 18.2 Å². The van der Waals surface area contributed by atoms with E-state index in [2.05, 4.69) is 12.2 Å². The third-order valence-corrected chi connectivity index (χ3v) is 3.74. The van der Waals surface area contributed by atoms with Crippen molar-refractivity contribution >= 4 is 0 Å². The highest BCUT2D eigenvalue weighted by Crippen LogP contribution is 2.29. The monoisotopic (exact) mass is 265 g/mol. The molecule has 0 spiro atoms. The molecule has 1 saturated carbocycles. The summed E-state index contributed by atoms with van der Waals surface area (Å²) in [5.41, 5.74) is 1.08. The highest BCUT2D eigenvalue weighted by molar-refractivity contribution is 5.29. The Bertz CT molecular complexity index is 410. The molecule has 106 valence electrons. The molecule has 19 heavy (non-hydrogen) atoms. The minimum absolute atomic E-state index is 0.111. The van der Waals surface area contributed by atoms with Gasteiger partial charge in [0.05, 0.1) is 12.2 Å². The summed E-state index contributed by atoms with van der Waals surface area (Å²) < 4.78 is 11.1. The number of phenols is 1.